The molecule has 1 saturated carbocycles. The lowest BCUT2D eigenvalue weighted by molar-refractivity contribution is -0.169. The van der Waals surface area contributed by atoms with Crippen LogP contribution in [0.15, 0.2) is 12.2 Å². The number of fused-ring (bicyclic) bond motifs is 2. The second-order valence-corrected chi connectivity index (χ2v) is 6.44. The predicted molar refractivity (Wildman–Crippen MR) is 68.1 cm³/mol. The van der Waals surface area contributed by atoms with Gasteiger partial charge in [0.1, 0.15) is 6.10 Å². The number of hydrogen-bond donors (Lipinski definition) is 0. The summed E-state index contributed by atoms with van der Waals surface area (Å²) >= 11 is 0. The SMILES string of the molecule is C=C1C(=O)O[C@H]2C[C@@H](C)[C@@H]3CCOC(=O)[C@@]3(C)C[C@@H]12. The molecule has 2 heterocycles. The summed E-state index contributed by atoms with van der Waals surface area (Å²) < 4.78 is 10.7. The zero-order valence-electron chi connectivity index (χ0n) is 11.5. The van der Waals surface area contributed by atoms with Crippen LogP contribution >= 0.6 is 0 Å². The minimum absolute atomic E-state index is 0.0319. The second-order valence-electron chi connectivity index (χ2n) is 6.44. The Balaban J connectivity index is 1.98. The van der Waals surface area contributed by atoms with Gasteiger partial charge in [0.2, 0.25) is 0 Å². The number of ether oxygens (including phenoxy) is 2. The largest absolute Gasteiger partial charge is 0.465 e. The predicted octanol–water partition coefficient (Wildman–Crippen LogP) is 2.08. The molecule has 3 aliphatic rings. The summed E-state index contributed by atoms with van der Waals surface area (Å²) in [7, 11) is 0. The van der Waals surface area contributed by atoms with E-state index in [9.17, 15) is 9.59 Å². The van der Waals surface area contributed by atoms with Crippen LogP contribution in [0.5, 0.6) is 0 Å². The Kier molecular flexibility index (Phi) is 2.73. The highest BCUT2D eigenvalue weighted by Crippen LogP contribution is 2.52. The van der Waals surface area contributed by atoms with Gasteiger partial charge < -0.3 is 9.47 Å². The summed E-state index contributed by atoms with van der Waals surface area (Å²) in [5, 5.41) is 0. The van der Waals surface area contributed by atoms with Crippen molar-refractivity contribution in [3.63, 3.8) is 0 Å². The lowest BCUT2D eigenvalue weighted by Gasteiger charge is -2.41. The average molecular weight is 264 g/mol. The first-order chi connectivity index (χ1) is 8.93. The van der Waals surface area contributed by atoms with Crippen molar-refractivity contribution in [2.75, 3.05) is 6.61 Å². The van der Waals surface area contributed by atoms with E-state index in [0.717, 1.165) is 12.8 Å². The maximum absolute atomic E-state index is 12.2. The maximum atomic E-state index is 12.2. The zero-order chi connectivity index (χ0) is 13.8. The molecule has 4 heteroatoms. The van der Waals surface area contributed by atoms with Gasteiger partial charge in [-0.05, 0) is 38.0 Å². The number of cyclic esters (lactones) is 1. The van der Waals surface area contributed by atoms with Crippen LogP contribution in [0.1, 0.15) is 33.1 Å². The topological polar surface area (TPSA) is 52.6 Å². The Morgan fingerprint density at radius 3 is 2.84 bits per heavy atom. The highest BCUT2D eigenvalue weighted by Gasteiger charge is 2.55. The number of rotatable bonds is 0. The van der Waals surface area contributed by atoms with E-state index >= 15 is 0 Å². The lowest BCUT2D eigenvalue weighted by atomic mass is 9.66. The summed E-state index contributed by atoms with van der Waals surface area (Å²) in [4.78, 5) is 23.9. The number of esters is 2. The van der Waals surface area contributed by atoms with Crippen molar-refractivity contribution in [3.8, 4) is 0 Å². The van der Waals surface area contributed by atoms with Gasteiger partial charge in [0.15, 0.2) is 0 Å². The molecular formula is C15H20O4. The number of carbonyl (C=O) groups is 2. The monoisotopic (exact) mass is 264 g/mol. The first kappa shape index (κ1) is 12.7. The van der Waals surface area contributed by atoms with Crippen LogP contribution in [-0.2, 0) is 19.1 Å². The van der Waals surface area contributed by atoms with Gasteiger partial charge in [-0.2, -0.15) is 0 Å². The quantitative estimate of drug-likeness (QED) is 0.496. The molecule has 0 spiro atoms. The van der Waals surface area contributed by atoms with Gasteiger partial charge in [0, 0.05) is 11.5 Å². The highest BCUT2D eigenvalue weighted by atomic mass is 16.6. The van der Waals surface area contributed by atoms with E-state index in [2.05, 4.69) is 13.5 Å². The number of hydrogen-bond acceptors (Lipinski definition) is 4. The molecule has 2 aliphatic heterocycles. The molecule has 0 aromatic heterocycles. The van der Waals surface area contributed by atoms with Gasteiger partial charge in [-0.3, -0.25) is 4.79 Å². The zero-order valence-corrected chi connectivity index (χ0v) is 11.5. The van der Waals surface area contributed by atoms with Crippen molar-refractivity contribution < 1.29 is 19.1 Å². The average Bonchev–Trinajstić information content (AvgIpc) is 2.54. The Bertz CT molecular complexity index is 455. The lowest BCUT2D eigenvalue weighted by Crippen LogP contribution is -2.45. The van der Waals surface area contributed by atoms with Crippen LogP contribution in [0.4, 0.5) is 0 Å². The summed E-state index contributed by atoms with van der Waals surface area (Å²) in [6.45, 7) is 8.50. The smallest absolute Gasteiger partial charge is 0.334 e. The van der Waals surface area contributed by atoms with Crippen LogP contribution < -0.4 is 0 Å². The molecule has 3 rings (SSSR count). The summed E-state index contributed by atoms with van der Waals surface area (Å²) in [6.07, 6.45) is 2.24. The standard InChI is InChI=1S/C15H20O4/c1-8-6-12-10(9(2)13(16)19-12)7-15(3)11(8)4-5-18-14(15)17/h8,10-12H,2,4-7H2,1,3H3/t8-,10+,11+,12+,15+/m1/s1. The van der Waals surface area contributed by atoms with Crippen LogP contribution in [0, 0.1) is 23.2 Å². The van der Waals surface area contributed by atoms with Crippen LogP contribution in [0.25, 0.3) is 0 Å². The first-order valence-corrected chi connectivity index (χ1v) is 7.00. The van der Waals surface area contributed by atoms with Crippen LogP contribution in [0.3, 0.4) is 0 Å². The van der Waals surface area contributed by atoms with E-state index in [1.54, 1.807) is 0 Å². The van der Waals surface area contributed by atoms with Crippen LogP contribution in [0.2, 0.25) is 0 Å². The normalized spacial score (nSPS) is 45.9. The minimum Gasteiger partial charge on any atom is -0.465 e. The second kappa shape index (κ2) is 4.09. The number of carbonyl (C=O) groups excluding carboxylic acids is 2. The third-order valence-electron chi connectivity index (χ3n) is 5.30. The van der Waals surface area contributed by atoms with Gasteiger partial charge in [0.05, 0.1) is 12.0 Å². The van der Waals surface area contributed by atoms with E-state index in [-0.39, 0.29) is 24.0 Å². The van der Waals surface area contributed by atoms with Gasteiger partial charge >= 0.3 is 11.9 Å². The van der Waals surface area contributed by atoms with Crippen molar-refractivity contribution in [1.29, 1.82) is 0 Å². The molecule has 5 atom stereocenters. The molecule has 19 heavy (non-hydrogen) atoms. The molecule has 0 radical (unpaired) electrons. The molecule has 4 nitrogen and oxygen atoms in total. The summed E-state index contributed by atoms with van der Waals surface area (Å²) in [5.41, 5.74) is 0.0195. The van der Waals surface area contributed by atoms with Crippen molar-refractivity contribution in [3.05, 3.63) is 12.2 Å². The first-order valence-electron chi connectivity index (χ1n) is 7.00. The molecule has 1 aliphatic carbocycles. The van der Waals surface area contributed by atoms with E-state index in [0.29, 0.717) is 30.4 Å². The molecule has 3 fully saturated rings. The molecule has 2 saturated heterocycles. The van der Waals surface area contributed by atoms with Gasteiger partial charge in [-0.1, -0.05) is 13.5 Å². The molecule has 0 bridgehead atoms. The minimum atomic E-state index is -0.506. The third-order valence-corrected chi connectivity index (χ3v) is 5.30. The molecule has 0 N–H and O–H groups in total. The Labute approximate surface area is 113 Å². The Hall–Kier alpha value is -1.32. The molecule has 0 aromatic carbocycles. The fourth-order valence-electron chi connectivity index (χ4n) is 4.19. The third kappa shape index (κ3) is 1.72. The van der Waals surface area contributed by atoms with E-state index < -0.39 is 5.41 Å². The highest BCUT2D eigenvalue weighted by molar-refractivity contribution is 5.91. The Morgan fingerprint density at radius 2 is 2.11 bits per heavy atom. The van der Waals surface area contributed by atoms with Gasteiger partial charge in [-0.25, -0.2) is 4.79 Å². The Morgan fingerprint density at radius 1 is 1.37 bits per heavy atom. The van der Waals surface area contributed by atoms with Crippen molar-refractivity contribution in [1.82, 2.24) is 0 Å². The van der Waals surface area contributed by atoms with E-state index in [1.165, 1.54) is 0 Å². The van der Waals surface area contributed by atoms with E-state index in [4.69, 9.17) is 9.47 Å². The fraction of sp³-hybridized carbons (Fsp3) is 0.733. The molecule has 0 aromatic rings. The van der Waals surface area contributed by atoms with Crippen molar-refractivity contribution in [2.45, 2.75) is 39.2 Å². The molecule has 104 valence electrons. The fourth-order valence-corrected chi connectivity index (χ4v) is 4.19. The molecule has 0 amide bonds. The summed E-state index contributed by atoms with van der Waals surface area (Å²) in [6, 6.07) is 0. The molecular weight excluding hydrogens is 244 g/mol. The molecule has 0 unspecified atom stereocenters. The maximum Gasteiger partial charge on any atom is 0.334 e. The van der Waals surface area contributed by atoms with Gasteiger partial charge in [0.25, 0.3) is 0 Å². The van der Waals surface area contributed by atoms with E-state index in [1.807, 2.05) is 6.92 Å². The summed E-state index contributed by atoms with van der Waals surface area (Å²) in [5.74, 6) is 0.213. The van der Waals surface area contributed by atoms with Crippen molar-refractivity contribution in [2.24, 2.45) is 23.2 Å². The van der Waals surface area contributed by atoms with Gasteiger partial charge in [-0.15, -0.1) is 0 Å². The van der Waals surface area contributed by atoms with Crippen LogP contribution in [-0.4, -0.2) is 24.6 Å². The van der Waals surface area contributed by atoms with Crippen molar-refractivity contribution >= 4 is 11.9 Å².